The zero-order chi connectivity index (χ0) is 24.2. The zero-order valence-corrected chi connectivity index (χ0v) is 21.0. The molecule has 6 rings (SSSR count). The number of aryl methyl sites for hydroxylation is 1. The summed E-state index contributed by atoms with van der Waals surface area (Å²) in [6, 6.07) is 12.5. The third-order valence-electron chi connectivity index (χ3n) is 7.38. The lowest BCUT2D eigenvalue weighted by molar-refractivity contribution is 0.187. The molecular weight excluding hydrogens is 478 g/mol. The van der Waals surface area contributed by atoms with E-state index in [9.17, 15) is 0 Å². The molecule has 9 heteroatoms. The van der Waals surface area contributed by atoms with Crippen molar-refractivity contribution >= 4 is 46.2 Å². The first kappa shape index (κ1) is 22.5. The van der Waals surface area contributed by atoms with Crippen LogP contribution in [0, 0.1) is 12.3 Å². The molecule has 4 N–H and O–H groups in total. The van der Waals surface area contributed by atoms with Gasteiger partial charge in [0.2, 0.25) is 0 Å². The third kappa shape index (κ3) is 3.99. The molecule has 7 nitrogen and oxygen atoms in total. The molecule has 35 heavy (non-hydrogen) atoms. The van der Waals surface area contributed by atoms with Crippen LogP contribution >= 0.6 is 23.4 Å². The van der Waals surface area contributed by atoms with Gasteiger partial charge in [0.1, 0.15) is 22.2 Å². The number of aromatic nitrogens is 4. The number of hydrogen-bond acceptors (Lipinski definition) is 8. The molecule has 1 saturated heterocycles. The number of pyridine rings is 2. The Hall–Kier alpha value is -2.94. The van der Waals surface area contributed by atoms with E-state index in [2.05, 4.69) is 45.0 Å². The largest absolute Gasteiger partial charge is 0.382 e. The third-order valence-corrected chi connectivity index (χ3v) is 8.89. The fourth-order valence-corrected chi connectivity index (χ4v) is 6.42. The van der Waals surface area contributed by atoms with Gasteiger partial charge < -0.3 is 16.4 Å². The Bertz CT molecular complexity index is 1430. The summed E-state index contributed by atoms with van der Waals surface area (Å²) in [7, 11) is 0. The number of nitrogens with two attached hydrogens (primary N) is 2. The molecule has 0 radical (unpaired) electrons. The molecule has 0 saturated carbocycles. The topological polar surface area (TPSA) is 107 Å². The van der Waals surface area contributed by atoms with E-state index in [1.807, 2.05) is 24.4 Å². The van der Waals surface area contributed by atoms with Crippen LogP contribution < -0.4 is 16.4 Å². The van der Waals surface area contributed by atoms with E-state index >= 15 is 0 Å². The minimum Gasteiger partial charge on any atom is -0.382 e. The van der Waals surface area contributed by atoms with E-state index in [4.69, 9.17) is 28.1 Å². The molecule has 1 aliphatic carbocycles. The van der Waals surface area contributed by atoms with Gasteiger partial charge in [0.15, 0.2) is 5.65 Å². The first-order chi connectivity index (χ1) is 16.9. The Morgan fingerprint density at radius 3 is 2.74 bits per heavy atom. The van der Waals surface area contributed by atoms with E-state index in [1.165, 1.54) is 28.5 Å². The lowest BCUT2D eigenvalue weighted by Crippen LogP contribution is -2.44. The molecule has 1 unspecified atom stereocenters. The number of halogens is 1. The van der Waals surface area contributed by atoms with E-state index in [1.54, 1.807) is 6.20 Å². The van der Waals surface area contributed by atoms with Gasteiger partial charge in [-0.2, -0.15) is 0 Å². The van der Waals surface area contributed by atoms with Gasteiger partial charge in [0.05, 0.1) is 11.2 Å². The van der Waals surface area contributed by atoms with Crippen LogP contribution in [0.5, 0.6) is 0 Å². The van der Waals surface area contributed by atoms with Crippen LogP contribution in [0.15, 0.2) is 58.7 Å². The number of hydrogen-bond donors (Lipinski definition) is 2. The molecule has 3 aromatic heterocycles. The Labute approximate surface area is 213 Å². The predicted octanol–water partition coefficient (Wildman–Crippen LogP) is 4.96. The molecule has 1 fully saturated rings. The van der Waals surface area contributed by atoms with Gasteiger partial charge in [-0.25, -0.2) is 19.9 Å². The molecule has 2 aliphatic rings. The molecule has 0 amide bonds. The highest BCUT2D eigenvalue weighted by molar-refractivity contribution is 7.99. The van der Waals surface area contributed by atoms with Crippen molar-refractivity contribution in [1.29, 1.82) is 0 Å². The SMILES string of the molecule is Cc1ccc2c(c1)C(N)C1(CCN(c3cnc4nc(Sc5ccnc(N)c5Cl)ccc4n3)CC1)C2. The lowest BCUT2D eigenvalue weighted by atomic mass is 9.73. The molecule has 0 bridgehead atoms. The van der Waals surface area contributed by atoms with Crippen LogP contribution in [0.1, 0.15) is 35.6 Å². The molecule has 1 atom stereocenters. The van der Waals surface area contributed by atoms with Crippen LogP contribution in [0.2, 0.25) is 5.02 Å². The Balaban J connectivity index is 1.18. The standard InChI is InChI=1S/C26H26ClN7S/c1-15-2-3-16-13-26(23(28)17(16)12-15)7-10-34(11-8-26)20-14-31-25-18(32-20)4-5-21(33-25)35-19-6-9-30-24(29)22(19)27/h2-6,9,12,14,23H,7-8,10-11,13,28H2,1H3,(H2,29,30). The Morgan fingerprint density at radius 2 is 1.91 bits per heavy atom. The average molecular weight is 504 g/mol. The molecular formula is C26H26ClN7S. The molecule has 1 spiro atoms. The van der Waals surface area contributed by atoms with Gasteiger partial charge in [-0.15, -0.1) is 0 Å². The number of benzene rings is 1. The Morgan fingerprint density at radius 1 is 1.09 bits per heavy atom. The smallest absolute Gasteiger partial charge is 0.179 e. The van der Waals surface area contributed by atoms with Crippen molar-refractivity contribution in [3.05, 3.63) is 70.5 Å². The van der Waals surface area contributed by atoms with Crippen LogP contribution in [-0.4, -0.2) is 33.0 Å². The first-order valence-electron chi connectivity index (χ1n) is 11.7. The maximum Gasteiger partial charge on any atom is 0.179 e. The van der Waals surface area contributed by atoms with Gasteiger partial charge in [0, 0.05) is 30.2 Å². The van der Waals surface area contributed by atoms with Crippen molar-refractivity contribution in [2.24, 2.45) is 11.1 Å². The minimum atomic E-state index is 0.103. The quantitative estimate of drug-likeness (QED) is 0.404. The summed E-state index contributed by atoms with van der Waals surface area (Å²) < 4.78 is 0. The molecule has 4 heterocycles. The maximum atomic E-state index is 6.79. The summed E-state index contributed by atoms with van der Waals surface area (Å²) in [6.45, 7) is 3.98. The fourth-order valence-electron chi connectivity index (χ4n) is 5.37. The van der Waals surface area contributed by atoms with Crippen molar-refractivity contribution in [1.82, 2.24) is 19.9 Å². The highest BCUT2D eigenvalue weighted by Crippen LogP contribution is 2.51. The second-order valence-electron chi connectivity index (χ2n) is 9.54. The number of nitrogen functional groups attached to an aromatic ring is 1. The summed E-state index contributed by atoms with van der Waals surface area (Å²) in [5.74, 6) is 1.20. The van der Waals surface area contributed by atoms with Gasteiger partial charge in [0.25, 0.3) is 0 Å². The summed E-state index contributed by atoms with van der Waals surface area (Å²) >= 11 is 7.71. The van der Waals surface area contributed by atoms with Crippen LogP contribution in [0.25, 0.3) is 11.2 Å². The van der Waals surface area contributed by atoms with E-state index in [0.717, 1.165) is 53.6 Å². The lowest BCUT2D eigenvalue weighted by Gasteiger charge is -2.42. The van der Waals surface area contributed by atoms with Crippen LogP contribution in [0.4, 0.5) is 11.6 Å². The summed E-state index contributed by atoms with van der Waals surface area (Å²) in [6.07, 6.45) is 6.62. The van der Waals surface area contributed by atoms with E-state index in [0.29, 0.717) is 16.5 Å². The predicted molar refractivity (Wildman–Crippen MR) is 141 cm³/mol. The summed E-state index contributed by atoms with van der Waals surface area (Å²) in [5.41, 5.74) is 18.2. The van der Waals surface area contributed by atoms with E-state index in [-0.39, 0.29) is 11.5 Å². The van der Waals surface area contributed by atoms with Gasteiger partial charge >= 0.3 is 0 Å². The average Bonchev–Trinajstić information content (AvgIpc) is 3.13. The van der Waals surface area contributed by atoms with E-state index < -0.39 is 0 Å². The molecule has 178 valence electrons. The van der Waals surface area contributed by atoms with Crippen molar-refractivity contribution < 1.29 is 0 Å². The zero-order valence-electron chi connectivity index (χ0n) is 19.4. The van der Waals surface area contributed by atoms with Crippen molar-refractivity contribution in [3.63, 3.8) is 0 Å². The number of anilines is 2. The highest BCUT2D eigenvalue weighted by atomic mass is 35.5. The molecule has 1 aliphatic heterocycles. The van der Waals surface area contributed by atoms with Crippen molar-refractivity contribution in [2.75, 3.05) is 23.7 Å². The van der Waals surface area contributed by atoms with Gasteiger partial charge in [-0.05, 0) is 60.9 Å². The molecule has 1 aromatic carbocycles. The normalized spacial score (nSPS) is 18.8. The summed E-state index contributed by atoms with van der Waals surface area (Å²) in [4.78, 5) is 21.3. The second kappa shape index (κ2) is 8.62. The number of rotatable bonds is 3. The maximum absolute atomic E-state index is 6.79. The molecule has 4 aromatic rings. The highest BCUT2D eigenvalue weighted by Gasteiger charge is 2.46. The number of piperidine rings is 1. The number of fused-ring (bicyclic) bond motifs is 2. The summed E-state index contributed by atoms with van der Waals surface area (Å²) in [5, 5.41) is 1.21. The monoisotopic (exact) mass is 503 g/mol. The van der Waals surface area contributed by atoms with Crippen molar-refractivity contribution in [2.45, 2.75) is 42.1 Å². The second-order valence-corrected chi connectivity index (χ2v) is 11.0. The van der Waals surface area contributed by atoms with Gasteiger partial charge in [-0.1, -0.05) is 47.1 Å². The fraction of sp³-hybridized carbons (Fsp3) is 0.308. The Kier molecular flexibility index (Phi) is 5.55. The number of nitrogens with zero attached hydrogens (tertiary/aromatic N) is 5. The first-order valence-corrected chi connectivity index (χ1v) is 12.9. The minimum absolute atomic E-state index is 0.103. The van der Waals surface area contributed by atoms with Gasteiger partial charge in [-0.3, -0.25) is 0 Å². The van der Waals surface area contributed by atoms with Crippen molar-refractivity contribution in [3.8, 4) is 0 Å². The van der Waals surface area contributed by atoms with Crippen LogP contribution in [0.3, 0.4) is 0 Å². The van der Waals surface area contributed by atoms with Crippen LogP contribution in [-0.2, 0) is 6.42 Å².